The van der Waals surface area contributed by atoms with E-state index < -0.39 is 0 Å². The molecular formula is C18H37NO. The summed E-state index contributed by atoms with van der Waals surface area (Å²) in [5, 5.41) is 3.61. The van der Waals surface area contributed by atoms with E-state index in [2.05, 4.69) is 53.8 Å². The summed E-state index contributed by atoms with van der Waals surface area (Å²) in [7, 11) is 0. The normalized spacial score (nSPS) is 29.7. The second-order valence-electron chi connectivity index (χ2n) is 8.20. The maximum absolute atomic E-state index is 6.48. The molecule has 1 aliphatic rings. The fraction of sp³-hybridized carbons (Fsp3) is 1.00. The molecule has 1 fully saturated rings. The number of hydrogen-bond donors (Lipinski definition) is 1. The third-order valence-corrected chi connectivity index (χ3v) is 4.98. The van der Waals surface area contributed by atoms with Crippen LogP contribution in [-0.4, -0.2) is 24.3 Å². The van der Waals surface area contributed by atoms with Crippen molar-refractivity contribution in [2.45, 2.75) is 98.3 Å². The minimum atomic E-state index is 0.0709. The third kappa shape index (κ3) is 5.37. The lowest BCUT2D eigenvalue weighted by Gasteiger charge is -2.45. The van der Waals surface area contributed by atoms with Gasteiger partial charge in [-0.05, 0) is 50.4 Å². The van der Waals surface area contributed by atoms with Crippen molar-refractivity contribution in [1.29, 1.82) is 0 Å². The van der Waals surface area contributed by atoms with Crippen LogP contribution in [0.4, 0.5) is 0 Å². The lowest BCUT2D eigenvalue weighted by Crippen LogP contribution is -2.50. The Kier molecular flexibility index (Phi) is 6.53. The molecule has 0 aromatic carbocycles. The van der Waals surface area contributed by atoms with Crippen molar-refractivity contribution in [3.63, 3.8) is 0 Å². The summed E-state index contributed by atoms with van der Waals surface area (Å²) in [5.74, 6) is 0.843. The van der Waals surface area contributed by atoms with Gasteiger partial charge < -0.3 is 10.1 Å². The molecule has 0 bridgehead atoms. The molecule has 20 heavy (non-hydrogen) atoms. The molecule has 0 aromatic heterocycles. The SMILES string of the molecule is CCC(C)OC1(CNC(C)C)CCC(C(C)(C)C)CC1. The van der Waals surface area contributed by atoms with Crippen molar-refractivity contribution in [1.82, 2.24) is 5.32 Å². The fourth-order valence-electron chi connectivity index (χ4n) is 3.25. The van der Waals surface area contributed by atoms with E-state index in [1.165, 1.54) is 25.7 Å². The Morgan fingerprint density at radius 1 is 1.15 bits per heavy atom. The van der Waals surface area contributed by atoms with Crippen LogP contribution in [0.5, 0.6) is 0 Å². The largest absolute Gasteiger partial charge is 0.371 e. The predicted octanol–water partition coefficient (Wildman–Crippen LogP) is 4.77. The lowest BCUT2D eigenvalue weighted by atomic mass is 9.68. The molecule has 0 saturated heterocycles. The Morgan fingerprint density at radius 3 is 2.10 bits per heavy atom. The van der Waals surface area contributed by atoms with Crippen LogP contribution in [-0.2, 0) is 4.74 Å². The molecule has 1 saturated carbocycles. The molecule has 120 valence electrons. The average molecular weight is 284 g/mol. The van der Waals surface area contributed by atoms with E-state index in [1.807, 2.05) is 0 Å². The van der Waals surface area contributed by atoms with E-state index in [1.54, 1.807) is 0 Å². The van der Waals surface area contributed by atoms with Gasteiger partial charge in [0, 0.05) is 12.6 Å². The summed E-state index contributed by atoms with van der Waals surface area (Å²) >= 11 is 0. The number of ether oxygens (including phenoxy) is 1. The topological polar surface area (TPSA) is 21.3 Å². The van der Waals surface area contributed by atoms with Gasteiger partial charge in [0.2, 0.25) is 0 Å². The van der Waals surface area contributed by atoms with Crippen molar-refractivity contribution in [3.8, 4) is 0 Å². The van der Waals surface area contributed by atoms with Crippen LogP contribution in [0.15, 0.2) is 0 Å². The Balaban J connectivity index is 2.66. The third-order valence-electron chi connectivity index (χ3n) is 4.98. The Bertz CT molecular complexity index is 272. The van der Waals surface area contributed by atoms with Gasteiger partial charge in [0.15, 0.2) is 0 Å². The lowest BCUT2D eigenvalue weighted by molar-refractivity contribution is -0.119. The van der Waals surface area contributed by atoms with Crippen LogP contribution in [0.2, 0.25) is 0 Å². The summed E-state index contributed by atoms with van der Waals surface area (Å²) in [6.07, 6.45) is 6.50. The summed E-state index contributed by atoms with van der Waals surface area (Å²) in [4.78, 5) is 0. The van der Waals surface area contributed by atoms with Crippen molar-refractivity contribution in [2.75, 3.05) is 6.54 Å². The zero-order valence-electron chi connectivity index (χ0n) is 14.9. The first-order valence-corrected chi connectivity index (χ1v) is 8.60. The molecule has 0 aromatic rings. The number of nitrogens with one attached hydrogen (secondary N) is 1. The Hall–Kier alpha value is -0.0800. The first-order valence-electron chi connectivity index (χ1n) is 8.60. The minimum absolute atomic E-state index is 0.0709. The van der Waals surface area contributed by atoms with Gasteiger partial charge in [-0.3, -0.25) is 0 Å². The fourth-order valence-corrected chi connectivity index (χ4v) is 3.25. The molecule has 2 heteroatoms. The van der Waals surface area contributed by atoms with Crippen molar-refractivity contribution >= 4 is 0 Å². The van der Waals surface area contributed by atoms with Crippen molar-refractivity contribution in [2.24, 2.45) is 11.3 Å². The van der Waals surface area contributed by atoms with Crippen LogP contribution in [0, 0.1) is 11.3 Å². The molecule has 0 amide bonds. The van der Waals surface area contributed by atoms with E-state index in [-0.39, 0.29) is 5.60 Å². The van der Waals surface area contributed by atoms with Crippen molar-refractivity contribution in [3.05, 3.63) is 0 Å². The highest BCUT2D eigenvalue weighted by molar-refractivity contribution is 4.93. The standard InChI is InChI=1S/C18H37NO/c1-8-15(4)20-18(13-19-14(2)3)11-9-16(10-12-18)17(5,6)7/h14-16,19H,8-13H2,1-7H3. The minimum Gasteiger partial charge on any atom is -0.371 e. The maximum Gasteiger partial charge on any atom is 0.0810 e. The molecule has 0 radical (unpaired) electrons. The van der Waals surface area contributed by atoms with E-state index in [4.69, 9.17) is 4.74 Å². The van der Waals surface area contributed by atoms with Crippen LogP contribution in [0.3, 0.4) is 0 Å². The van der Waals surface area contributed by atoms with Gasteiger partial charge in [0.05, 0.1) is 11.7 Å². The first-order chi connectivity index (χ1) is 9.18. The predicted molar refractivity (Wildman–Crippen MR) is 88.1 cm³/mol. The first kappa shape index (κ1) is 18.0. The van der Waals surface area contributed by atoms with Gasteiger partial charge in [-0.25, -0.2) is 0 Å². The van der Waals surface area contributed by atoms with Gasteiger partial charge in [-0.15, -0.1) is 0 Å². The quantitative estimate of drug-likeness (QED) is 0.758. The highest BCUT2D eigenvalue weighted by Gasteiger charge is 2.40. The van der Waals surface area contributed by atoms with Gasteiger partial charge in [0.25, 0.3) is 0 Å². The van der Waals surface area contributed by atoms with Crippen molar-refractivity contribution < 1.29 is 4.74 Å². The monoisotopic (exact) mass is 283 g/mol. The summed E-state index contributed by atoms with van der Waals surface area (Å²) in [6, 6.07) is 0.535. The molecular weight excluding hydrogens is 246 g/mol. The molecule has 0 heterocycles. The second kappa shape index (κ2) is 7.26. The molecule has 1 atom stereocenters. The zero-order valence-corrected chi connectivity index (χ0v) is 14.9. The molecule has 1 unspecified atom stereocenters. The van der Waals surface area contributed by atoms with Gasteiger partial charge >= 0.3 is 0 Å². The van der Waals surface area contributed by atoms with Crippen LogP contribution < -0.4 is 5.32 Å². The van der Waals surface area contributed by atoms with E-state index >= 15 is 0 Å². The molecule has 1 rings (SSSR count). The van der Waals surface area contributed by atoms with E-state index in [0.29, 0.717) is 17.6 Å². The highest BCUT2D eigenvalue weighted by Crippen LogP contribution is 2.43. The Morgan fingerprint density at radius 2 is 1.70 bits per heavy atom. The molecule has 0 aliphatic heterocycles. The second-order valence-corrected chi connectivity index (χ2v) is 8.20. The average Bonchev–Trinajstić information content (AvgIpc) is 2.36. The zero-order chi connectivity index (χ0) is 15.4. The smallest absolute Gasteiger partial charge is 0.0810 e. The van der Waals surface area contributed by atoms with Crippen LogP contribution in [0.25, 0.3) is 0 Å². The summed E-state index contributed by atoms with van der Waals surface area (Å²) in [5.41, 5.74) is 0.509. The maximum atomic E-state index is 6.48. The molecule has 1 N–H and O–H groups in total. The summed E-state index contributed by atoms with van der Waals surface area (Å²) < 4.78 is 6.48. The van der Waals surface area contributed by atoms with Gasteiger partial charge in [-0.2, -0.15) is 0 Å². The Labute approximate surface area is 127 Å². The van der Waals surface area contributed by atoms with Gasteiger partial charge in [-0.1, -0.05) is 41.5 Å². The van der Waals surface area contributed by atoms with E-state index in [0.717, 1.165) is 18.9 Å². The molecule has 1 aliphatic carbocycles. The van der Waals surface area contributed by atoms with Crippen LogP contribution in [0.1, 0.15) is 80.6 Å². The molecule has 2 nitrogen and oxygen atoms in total. The van der Waals surface area contributed by atoms with Crippen LogP contribution >= 0.6 is 0 Å². The number of hydrogen-bond acceptors (Lipinski definition) is 2. The molecule has 0 spiro atoms. The van der Waals surface area contributed by atoms with E-state index in [9.17, 15) is 0 Å². The highest BCUT2D eigenvalue weighted by atomic mass is 16.5. The van der Waals surface area contributed by atoms with Gasteiger partial charge in [0.1, 0.15) is 0 Å². The number of rotatable bonds is 6. The summed E-state index contributed by atoms with van der Waals surface area (Å²) in [6.45, 7) is 17.0.